The van der Waals surface area contributed by atoms with Gasteiger partial charge in [-0.15, -0.1) is 0 Å². The Hall–Kier alpha value is -1.91. The van der Waals surface area contributed by atoms with Crippen molar-refractivity contribution in [3.8, 4) is 0 Å². The summed E-state index contributed by atoms with van der Waals surface area (Å²) in [6.45, 7) is 7.83. The molecule has 0 bridgehead atoms. The van der Waals surface area contributed by atoms with Crippen LogP contribution in [-0.4, -0.2) is 17.8 Å². The first-order valence-electron chi connectivity index (χ1n) is 3.77. The molecule has 1 heterocycles. The van der Waals surface area contributed by atoms with Gasteiger partial charge >= 0.3 is 5.97 Å². The van der Waals surface area contributed by atoms with Crippen LogP contribution in [0.1, 0.15) is 13.3 Å². The Kier molecular flexibility index (Phi) is 4.91. The van der Waals surface area contributed by atoms with Crippen molar-refractivity contribution in [1.29, 1.82) is 0 Å². The molecule has 76 valence electrons. The summed E-state index contributed by atoms with van der Waals surface area (Å²) in [7, 11) is 0. The second-order valence-electron chi connectivity index (χ2n) is 2.43. The van der Waals surface area contributed by atoms with Gasteiger partial charge < -0.3 is 4.74 Å². The van der Waals surface area contributed by atoms with Crippen molar-refractivity contribution >= 4 is 17.8 Å². The molecule has 2 amide bonds. The minimum atomic E-state index is -0.338. The number of ether oxygens (including phenoxy) is 1. The molecule has 0 aromatic rings. The van der Waals surface area contributed by atoms with Crippen LogP contribution in [0.5, 0.6) is 0 Å². The zero-order valence-electron chi connectivity index (χ0n) is 7.83. The number of hydrogen-bond donors (Lipinski definition) is 1. The van der Waals surface area contributed by atoms with E-state index in [0.29, 0.717) is 5.57 Å². The predicted molar refractivity (Wildman–Crippen MR) is 48.9 cm³/mol. The maximum atomic E-state index is 10.4. The Morgan fingerprint density at radius 3 is 2.21 bits per heavy atom. The van der Waals surface area contributed by atoms with Crippen molar-refractivity contribution in [1.82, 2.24) is 5.32 Å². The SMILES string of the molecule is C=C1CC(=O)NC1=O.C=COC(C)=O. The van der Waals surface area contributed by atoms with E-state index in [1.165, 1.54) is 6.92 Å². The Labute approximate surface area is 81.4 Å². The van der Waals surface area contributed by atoms with E-state index >= 15 is 0 Å². The van der Waals surface area contributed by atoms with Crippen LogP contribution in [0.2, 0.25) is 0 Å². The Morgan fingerprint density at radius 1 is 1.57 bits per heavy atom. The zero-order valence-corrected chi connectivity index (χ0v) is 7.83. The molecule has 1 rings (SSSR count). The lowest BCUT2D eigenvalue weighted by Gasteiger charge is -1.83. The van der Waals surface area contributed by atoms with Gasteiger partial charge in [-0.2, -0.15) is 0 Å². The number of amides is 2. The van der Waals surface area contributed by atoms with Crippen LogP contribution >= 0.6 is 0 Å². The number of carbonyl (C=O) groups excluding carboxylic acids is 3. The maximum Gasteiger partial charge on any atom is 0.307 e. The molecule has 1 N–H and O–H groups in total. The maximum absolute atomic E-state index is 10.4. The minimum Gasteiger partial charge on any atom is -0.435 e. The van der Waals surface area contributed by atoms with Crippen LogP contribution in [0.3, 0.4) is 0 Å². The number of nitrogens with one attached hydrogen (secondary N) is 1. The molecule has 0 aromatic carbocycles. The number of imide groups is 1. The minimum absolute atomic E-state index is 0.166. The molecule has 1 aliphatic heterocycles. The molecular formula is C9H11NO4. The van der Waals surface area contributed by atoms with Crippen molar-refractivity contribution in [3.05, 3.63) is 25.0 Å². The summed E-state index contributed by atoms with van der Waals surface area (Å²) in [5.41, 5.74) is 0.356. The van der Waals surface area contributed by atoms with Gasteiger partial charge in [-0.1, -0.05) is 13.2 Å². The smallest absolute Gasteiger partial charge is 0.307 e. The van der Waals surface area contributed by atoms with E-state index in [1.54, 1.807) is 0 Å². The fourth-order valence-corrected chi connectivity index (χ4v) is 0.651. The molecule has 0 unspecified atom stereocenters. The van der Waals surface area contributed by atoms with Gasteiger partial charge in [0.25, 0.3) is 5.91 Å². The van der Waals surface area contributed by atoms with Gasteiger partial charge in [0.15, 0.2) is 0 Å². The lowest BCUT2D eigenvalue weighted by atomic mass is 10.3. The summed E-state index contributed by atoms with van der Waals surface area (Å²) >= 11 is 0. The average Bonchev–Trinajstić information content (AvgIpc) is 2.30. The van der Waals surface area contributed by atoms with E-state index in [9.17, 15) is 14.4 Å². The number of carbonyl (C=O) groups is 3. The van der Waals surface area contributed by atoms with E-state index in [-0.39, 0.29) is 24.2 Å². The fourth-order valence-electron chi connectivity index (χ4n) is 0.651. The quantitative estimate of drug-likeness (QED) is 0.283. The molecule has 0 saturated carbocycles. The summed E-state index contributed by atoms with van der Waals surface area (Å²) in [5.74, 6) is -0.917. The molecule has 1 fully saturated rings. The Balaban J connectivity index is 0.000000255. The molecule has 5 heteroatoms. The normalized spacial score (nSPS) is 13.9. The van der Waals surface area contributed by atoms with Gasteiger partial charge in [-0.3, -0.25) is 19.7 Å². The summed E-state index contributed by atoms with van der Waals surface area (Å²) in [6, 6.07) is 0. The van der Waals surface area contributed by atoms with Gasteiger partial charge in [0.2, 0.25) is 5.91 Å². The lowest BCUT2D eigenvalue weighted by Crippen LogP contribution is -2.19. The first-order valence-corrected chi connectivity index (χ1v) is 3.77. The van der Waals surface area contributed by atoms with Crippen molar-refractivity contribution in [2.45, 2.75) is 13.3 Å². The van der Waals surface area contributed by atoms with E-state index < -0.39 is 0 Å². The zero-order chi connectivity index (χ0) is 11.1. The van der Waals surface area contributed by atoms with E-state index in [0.717, 1.165) is 6.26 Å². The number of hydrogen-bond acceptors (Lipinski definition) is 4. The fraction of sp³-hybridized carbons (Fsp3) is 0.222. The van der Waals surface area contributed by atoms with E-state index in [1.807, 2.05) is 0 Å². The molecule has 0 radical (unpaired) electrons. The summed E-state index contributed by atoms with van der Waals surface area (Å²) in [6.07, 6.45) is 1.27. The third-order valence-electron chi connectivity index (χ3n) is 1.20. The molecular weight excluding hydrogens is 186 g/mol. The molecule has 0 atom stereocenters. The predicted octanol–water partition coefficient (Wildman–Crippen LogP) is 0.282. The molecule has 1 aliphatic rings. The second kappa shape index (κ2) is 5.69. The molecule has 1 saturated heterocycles. The average molecular weight is 197 g/mol. The standard InChI is InChI=1S/C5H5NO2.C4H6O2/c1-3-2-4(7)6-5(3)8;1-3-6-4(2)5/h1-2H2,(H,6,7,8);3H,1H2,2H3. The van der Waals surface area contributed by atoms with E-state index in [4.69, 9.17) is 0 Å². The third kappa shape index (κ3) is 4.87. The first-order chi connectivity index (χ1) is 6.47. The first kappa shape index (κ1) is 12.1. The topological polar surface area (TPSA) is 72.5 Å². The van der Waals surface area contributed by atoms with Gasteiger partial charge in [0.1, 0.15) is 0 Å². The van der Waals surface area contributed by atoms with Crippen LogP contribution in [0.4, 0.5) is 0 Å². The van der Waals surface area contributed by atoms with Crippen molar-refractivity contribution in [2.24, 2.45) is 0 Å². The van der Waals surface area contributed by atoms with Crippen molar-refractivity contribution < 1.29 is 19.1 Å². The van der Waals surface area contributed by atoms with Crippen LogP contribution < -0.4 is 5.32 Å². The number of esters is 1. The van der Waals surface area contributed by atoms with Crippen LogP contribution in [0.25, 0.3) is 0 Å². The molecule has 0 aromatic heterocycles. The monoisotopic (exact) mass is 197 g/mol. The lowest BCUT2D eigenvalue weighted by molar-refractivity contribution is -0.135. The largest absolute Gasteiger partial charge is 0.435 e. The second-order valence-corrected chi connectivity index (χ2v) is 2.43. The van der Waals surface area contributed by atoms with Gasteiger partial charge in [0, 0.05) is 12.5 Å². The van der Waals surface area contributed by atoms with E-state index in [2.05, 4.69) is 23.2 Å². The summed E-state index contributed by atoms with van der Waals surface area (Å²) in [4.78, 5) is 30.4. The molecule has 14 heavy (non-hydrogen) atoms. The van der Waals surface area contributed by atoms with Crippen molar-refractivity contribution in [2.75, 3.05) is 0 Å². The third-order valence-corrected chi connectivity index (χ3v) is 1.20. The van der Waals surface area contributed by atoms with Crippen LogP contribution in [0, 0.1) is 0 Å². The van der Waals surface area contributed by atoms with Crippen LogP contribution in [-0.2, 0) is 19.1 Å². The van der Waals surface area contributed by atoms with Gasteiger partial charge in [-0.05, 0) is 0 Å². The van der Waals surface area contributed by atoms with Gasteiger partial charge in [-0.25, -0.2) is 0 Å². The summed E-state index contributed by atoms with van der Waals surface area (Å²) in [5, 5.41) is 2.09. The number of rotatable bonds is 1. The highest BCUT2D eigenvalue weighted by atomic mass is 16.5. The van der Waals surface area contributed by atoms with Gasteiger partial charge in [0.05, 0.1) is 12.7 Å². The van der Waals surface area contributed by atoms with Crippen molar-refractivity contribution in [3.63, 3.8) is 0 Å². The Morgan fingerprint density at radius 2 is 2.14 bits per heavy atom. The summed E-state index contributed by atoms with van der Waals surface area (Å²) < 4.78 is 4.17. The molecule has 0 spiro atoms. The highest BCUT2D eigenvalue weighted by Crippen LogP contribution is 2.03. The highest BCUT2D eigenvalue weighted by molar-refractivity contribution is 6.12. The Bertz CT molecular complexity index is 275. The molecule has 0 aliphatic carbocycles. The highest BCUT2D eigenvalue weighted by Gasteiger charge is 2.20. The van der Waals surface area contributed by atoms with Crippen LogP contribution in [0.15, 0.2) is 25.0 Å². The molecule has 5 nitrogen and oxygen atoms in total.